The third-order valence-electron chi connectivity index (χ3n) is 5.14. The van der Waals surface area contributed by atoms with E-state index < -0.39 is 0 Å². The molecule has 0 bridgehead atoms. The largest absolute Gasteiger partial charge is 0.247 e. The van der Waals surface area contributed by atoms with E-state index in [1.54, 1.807) is 11.3 Å². The van der Waals surface area contributed by atoms with Gasteiger partial charge in [0.1, 0.15) is 11.0 Å². The van der Waals surface area contributed by atoms with Crippen molar-refractivity contribution in [2.24, 2.45) is 0 Å². The lowest BCUT2D eigenvalue weighted by Gasteiger charge is -2.09. The van der Waals surface area contributed by atoms with Gasteiger partial charge in [0.25, 0.3) is 0 Å². The zero-order valence-electron chi connectivity index (χ0n) is 17.0. The Morgan fingerprint density at radius 2 is 0.963 bits per heavy atom. The van der Waals surface area contributed by atoms with E-state index in [9.17, 15) is 0 Å². The van der Waals surface area contributed by atoms with Crippen LogP contribution < -0.4 is 0 Å². The van der Waals surface area contributed by atoms with Crippen LogP contribution in [0.2, 0.25) is 0 Å². The normalized spacial score (nSPS) is 11.6. The van der Waals surface area contributed by atoms with Gasteiger partial charge in [-0.25, -0.2) is 9.97 Å². The van der Waals surface area contributed by atoms with Crippen LogP contribution in [0.4, 0.5) is 0 Å². The van der Waals surface area contributed by atoms with E-state index in [1.165, 1.54) is 88.4 Å². The molecule has 2 heterocycles. The van der Waals surface area contributed by atoms with Gasteiger partial charge in [-0.15, -0.1) is 11.3 Å². The summed E-state index contributed by atoms with van der Waals surface area (Å²) >= 11 is 9.00. The smallest absolute Gasteiger partial charge is 0.115 e. The fourth-order valence-electron chi connectivity index (χ4n) is 3.50. The van der Waals surface area contributed by atoms with Crippen LogP contribution in [0, 0.1) is 0 Å². The molecule has 2 aromatic heterocycles. The zero-order chi connectivity index (χ0) is 19.5. The van der Waals surface area contributed by atoms with Crippen molar-refractivity contribution in [3.05, 3.63) is 19.0 Å². The van der Waals surface area contributed by atoms with E-state index in [4.69, 9.17) is 9.97 Å². The summed E-state index contributed by atoms with van der Waals surface area (Å²) in [6, 6.07) is 0. The SMILES string of the molecule is CCCCCCCCc1nc2c(Br)sc(Br)c2nc1CCCCCCCC. The lowest BCUT2D eigenvalue weighted by molar-refractivity contribution is 0.593. The van der Waals surface area contributed by atoms with Gasteiger partial charge in [-0.2, -0.15) is 0 Å². The molecule has 5 heteroatoms. The molecule has 0 atom stereocenters. The van der Waals surface area contributed by atoms with E-state index in [-0.39, 0.29) is 0 Å². The van der Waals surface area contributed by atoms with Crippen molar-refractivity contribution in [2.45, 2.75) is 104 Å². The number of nitrogens with zero attached hydrogens (tertiary/aromatic N) is 2. The average molecular weight is 518 g/mol. The molecule has 2 nitrogen and oxygen atoms in total. The minimum Gasteiger partial charge on any atom is -0.247 e. The van der Waals surface area contributed by atoms with Crippen molar-refractivity contribution in [1.82, 2.24) is 9.97 Å². The third kappa shape index (κ3) is 7.74. The van der Waals surface area contributed by atoms with Crippen LogP contribution in [0.15, 0.2) is 7.57 Å². The molecule has 0 aliphatic heterocycles. The number of unbranched alkanes of at least 4 members (excludes halogenated alkanes) is 10. The van der Waals surface area contributed by atoms with Crippen LogP contribution in [0.1, 0.15) is 102 Å². The predicted octanol–water partition coefficient (Wildman–Crippen LogP) is 9.02. The van der Waals surface area contributed by atoms with Gasteiger partial charge in [0, 0.05) is 0 Å². The lowest BCUT2D eigenvalue weighted by Crippen LogP contribution is -2.03. The van der Waals surface area contributed by atoms with E-state index >= 15 is 0 Å². The van der Waals surface area contributed by atoms with E-state index in [1.807, 2.05) is 0 Å². The Hall–Kier alpha value is -0.000000000000000167. The Morgan fingerprint density at radius 3 is 1.37 bits per heavy atom. The summed E-state index contributed by atoms with van der Waals surface area (Å²) in [5, 5.41) is 0. The summed E-state index contributed by atoms with van der Waals surface area (Å²) in [5.74, 6) is 0. The number of halogens is 2. The van der Waals surface area contributed by atoms with Crippen molar-refractivity contribution >= 4 is 54.2 Å². The van der Waals surface area contributed by atoms with Crippen molar-refractivity contribution < 1.29 is 0 Å². The Kier molecular flexibility index (Phi) is 11.4. The molecule has 152 valence electrons. The van der Waals surface area contributed by atoms with Crippen molar-refractivity contribution in [2.75, 3.05) is 0 Å². The topological polar surface area (TPSA) is 25.8 Å². The van der Waals surface area contributed by atoms with Gasteiger partial charge >= 0.3 is 0 Å². The maximum atomic E-state index is 5.03. The molecule has 0 N–H and O–H groups in total. The Bertz CT molecular complexity index is 628. The maximum Gasteiger partial charge on any atom is 0.115 e. The first-order chi connectivity index (χ1) is 13.2. The van der Waals surface area contributed by atoms with Gasteiger partial charge in [-0.1, -0.05) is 78.1 Å². The average Bonchev–Trinajstić information content (AvgIpc) is 2.94. The summed E-state index contributed by atoms with van der Waals surface area (Å²) in [5.41, 5.74) is 4.52. The van der Waals surface area contributed by atoms with Crippen LogP contribution in [0.3, 0.4) is 0 Å². The zero-order valence-corrected chi connectivity index (χ0v) is 20.9. The van der Waals surface area contributed by atoms with Crippen molar-refractivity contribution in [3.8, 4) is 0 Å². The predicted molar refractivity (Wildman–Crippen MR) is 127 cm³/mol. The second-order valence-electron chi connectivity index (χ2n) is 7.50. The van der Waals surface area contributed by atoms with Crippen LogP contribution in [-0.2, 0) is 12.8 Å². The van der Waals surface area contributed by atoms with E-state index in [2.05, 4.69) is 45.7 Å². The molecule has 0 saturated heterocycles. The highest BCUT2D eigenvalue weighted by Crippen LogP contribution is 2.37. The molecule has 0 saturated carbocycles. The summed E-state index contributed by atoms with van der Waals surface area (Å²) in [6.07, 6.45) is 18.0. The summed E-state index contributed by atoms with van der Waals surface area (Å²) in [6.45, 7) is 4.55. The van der Waals surface area contributed by atoms with E-state index in [0.717, 1.165) is 31.4 Å². The Labute approximate surface area is 186 Å². The Morgan fingerprint density at radius 1 is 0.593 bits per heavy atom. The highest BCUT2D eigenvalue weighted by molar-refractivity contribution is 9.12. The van der Waals surface area contributed by atoms with Crippen molar-refractivity contribution in [3.63, 3.8) is 0 Å². The number of fused-ring (bicyclic) bond motifs is 1. The van der Waals surface area contributed by atoms with Gasteiger partial charge in [-0.05, 0) is 57.5 Å². The molecule has 2 aromatic rings. The molecule has 27 heavy (non-hydrogen) atoms. The highest BCUT2D eigenvalue weighted by Gasteiger charge is 2.15. The molecule has 0 aromatic carbocycles. The summed E-state index contributed by atoms with van der Waals surface area (Å²) in [4.78, 5) is 10.1. The first kappa shape index (κ1) is 23.3. The molecular formula is C22H34Br2N2S. The molecule has 0 fully saturated rings. The van der Waals surface area contributed by atoms with Crippen molar-refractivity contribution in [1.29, 1.82) is 0 Å². The number of rotatable bonds is 14. The van der Waals surface area contributed by atoms with Gasteiger partial charge in [0.15, 0.2) is 0 Å². The number of thiophene rings is 1. The lowest BCUT2D eigenvalue weighted by atomic mass is 10.0. The fraction of sp³-hybridized carbons (Fsp3) is 0.727. The van der Waals surface area contributed by atoms with Crippen LogP contribution in [0.5, 0.6) is 0 Å². The molecule has 0 aliphatic carbocycles. The second kappa shape index (κ2) is 13.3. The molecule has 0 spiro atoms. The minimum absolute atomic E-state index is 1.03. The summed E-state index contributed by atoms with van der Waals surface area (Å²) < 4.78 is 2.18. The van der Waals surface area contributed by atoms with Gasteiger partial charge in [-0.3, -0.25) is 0 Å². The monoisotopic (exact) mass is 516 g/mol. The van der Waals surface area contributed by atoms with Gasteiger partial charge in [0.05, 0.1) is 19.0 Å². The fourth-order valence-corrected chi connectivity index (χ4v) is 6.31. The Balaban J connectivity index is 1.99. The van der Waals surface area contributed by atoms with Gasteiger partial charge < -0.3 is 0 Å². The minimum atomic E-state index is 1.03. The highest BCUT2D eigenvalue weighted by atomic mass is 79.9. The number of hydrogen-bond acceptors (Lipinski definition) is 3. The van der Waals surface area contributed by atoms with Crippen LogP contribution in [-0.4, -0.2) is 9.97 Å². The maximum absolute atomic E-state index is 5.03. The standard InChI is InChI=1S/C22H34Br2N2S/c1-3-5-7-9-11-13-15-17-18(16-14-12-10-8-6-4-2)26-20-19(25-17)21(23)27-22(20)24/h3-16H2,1-2H3. The molecular weight excluding hydrogens is 484 g/mol. The molecule has 0 unspecified atom stereocenters. The summed E-state index contributed by atoms with van der Waals surface area (Å²) in [7, 11) is 0. The first-order valence-corrected chi connectivity index (χ1v) is 13.2. The first-order valence-electron chi connectivity index (χ1n) is 10.8. The molecule has 0 aliphatic rings. The molecule has 2 rings (SSSR count). The number of hydrogen-bond donors (Lipinski definition) is 0. The molecule has 0 radical (unpaired) electrons. The van der Waals surface area contributed by atoms with Gasteiger partial charge in [0.2, 0.25) is 0 Å². The molecule has 0 amide bonds. The van der Waals surface area contributed by atoms with E-state index in [0.29, 0.717) is 0 Å². The third-order valence-corrected chi connectivity index (χ3v) is 7.60. The van der Waals surface area contributed by atoms with Crippen LogP contribution >= 0.6 is 43.2 Å². The quantitative estimate of drug-likeness (QED) is 0.233. The number of aryl methyl sites for hydroxylation is 2. The second-order valence-corrected chi connectivity index (χ2v) is 11.2. The number of aromatic nitrogens is 2. The van der Waals surface area contributed by atoms with Crippen LogP contribution in [0.25, 0.3) is 11.0 Å².